The molecule has 0 saturated heterocycles. The second kappa shape index (κ2) is 7.90. The molecule has 0 saturated carbocycles. The van der Waals surface area contributed by atoms with Crippen molar-refractivity contribution in [1.82, 2.24) is 4.57 Å². The third-order valence-electron chi connectivity index (χ3n) is 4.79. The van der Waals surface area contributed by atoms with Crippen LogP contribution < -0.4 is 9.47 Å². The second-order valence-electron chi connectivity index (χ2n) is 6.49. The van der Waals surface area contributed by atoms with Crippen LogP contribution in [0.4, 0.5) is 8.78 Å². The molecule has 2 aromatic carbocycles. The molecule has 0 spiro atoms. The summed E-state index contributed by atoms with van der Waals surface area (Å²) >= 11 is 0. The van der Waals surface area contributed by atoms with E-state index in [1.807, 2.05) is 0 Å². The van der Waals surface area contributed by atoms with E-state index in [9.17, 15) is 23.5 Å². The number of hydrogen-bond donors (Lipinski definition) is 1. The van der Waals surface area contributed by atoms with Crippen LogP contribution in [-0.2, 0) is 4.79 Å². The van der Waals surface area contributed by atoms with E-state index in [2.05, 4.69) is 4.74 Å². The first-order valence-corrected chi connectivity index (χ1v) is 8.76. The van der Waals surface area contributed by atoms with Gasteiger partial charge in [-0.1, -0.05) is 0 Å². The van der Waals surface area contributed by atoms with Crippen molar-refractivity contribution >= 4 is 22.8 Å². The zero-order chi connectivity index (χ0) is 21.3. The van der Waals surface area contributed by atoms with Crippen LogP contribution in [0.5, 0.6) is 11.5 Å². The molecular formula is C21H19F2NO5. The van der Waals surface area contributed by atoms with Crippen LogP contribution in [0.3, 0.4) is 0 Å². The molecule has 1 N–H and O–H groups in total. The average molecular weight is 403 g/mol. The number of benzene rings is 2. The van der Waals surface area contributed by atoms with Crippen LogP contribution >= 0.6 is 0 Å². The van der Waals surface area contributed by atoms with Gasteiger partial charge in [0.15, 0.2) is 0 Å². The summed E-state index contributed by atoms with van der Waals surface area (Å²) in [5.74, 6) is -1.80. The van der Waals surface area contributed by atoms with E-state index in [1.165, 1.54) is 35.9 Å². The predicted octanol–water partition coefficient (Wildman–Crippen LogP) is 4.44. The SMILES string of the molecule is COc1ccc2c(c1)c(C(C)C(=O)O)c(C)n2C(=O)c1ccc(OC(F)F)cc1. The number of carboxylic acid groups (broad SMARTS) is 1. The van der Waals surface area contributed by atoms with E-state index >= 15 is 0 Å². The van der Waals surface area contributed by atoms with Crippen molar-refractivity contribution in [2.75, 3.05) is 7.11 Å². The first kappa shape index (κ1) is 20.3. The third kappa shape index (κ3) is 3.78. The normalized spacial score (nSPS) is 12.2. The fourth-order valence-corrected chi connectivity index (χ4v) is 3.39. The molecule has 1 atom stereocenters. The molecule has 8 heteroatoms. The van der Waals surface area contributed by atoms with Gasteiger partial charge in [0.05, 0.1) is 18.5 Å². The van der Waals surface area contributed by atoms with Crippen molar-refractivity contribution in [3.8, 4) is 11.5 Å². The molecule has 6 nitrogen and oxygen atoms in total. The van der Waals surface area contributed by atoms with Gasteiger partial charge in [0, 0.05) is 16.6 Å². The van der Waals surface area contributed by atoms with Crippen LogP contribution in [0.1, 0.15) is 34.5 Å². The number of rotatable bonds is 6. The van der Waals surface area contributed by atoms with Crippen molar-refractivity contribution in [2.45, 2.75) is 26.4 Å². The van der Waals surface area contributed by atoms with Crippen molar-refractivity contribution < 1.29 is 33.0 Å². The molecule has 0 bridgehead atoms. The van der Waals surface area contributed by atoms with E-state index in [0.29, 0.717) is 27.9 Å². The quantitative estimate of drug-likeness (QED) is 0.659. The number of aliphatic carboxylic acids is 1. The summed E-state index contributed by atoms with van der Waals surface area (Å²) < 4.78 is 35.6. The van der Waals surface area contributed by atoms with Gasteiger partial charge in [0.25, 0.3) is 5.91 Å². The van der Waals surface area contributed by atoms with E-state index in [1.54, 1.807) is 32.0 Å². The number of carbonyl (C=O) groups excluding carboxylic acids is 1. The Labute approximate surface area is 165 Å². The lowest BCUT2D eigenvalue weighted by atomic mass is 9.98. The number of carboxylic acids is 1. The number of hydrogen-bond acceptors (Lipinski definition) is 4. The Morgan fingerprint density at radius 3 is 2.24 bits per heavy atom. The lowest BCUT2D eigenvalue weighted by molar-refractivity contribution is -0.138. The number of nitrogens with zero attached hydrogens (tertiary/aromatic N) is 1. The van der Waals surface area contributed by atoms with Crippen LogP contribution in [0, 0.1) is 6.92 Å². The zero-order valence-corrected chi connectivity index (χ0v) is 16.0. The summed E-state index contributed by atoms with van der Waals surface area (Å²) in [6.07, 6.45) is 0. The van der Waals surface area contributed by atoms with Crippen LogP contribution in [0.25, 0.3) is 10.9 Å². The monoisotopic (exact) mass is 403 g/mol. The largest absolute Gasteiger partial charge is 0.497 e. The summed E-state index contributed by atoms with van der Waals surface area (Å²) in [6.45, 7) is 0.268. The Morgan fingerprint density at radius 1 is 1.07 bits per heavy atom. The van der Waals surface area contributed by atoms with Gasteiger partial charge in [0.2, 0.25) is 0 Å². The van der Waals surface area contributed by atoms with E-state index in [-0.39, 0.29) is 11.3 Å². The van der Waals surface area contributed by atoms with Crippen molar-refractivity contribution in [3.05, 3.63) is 59.3 Å². The zero-order valence-electron chi connectivity index (χ0n) is 16.0. The van der Waals surface area contributed by atoms with Gasteiger partial charge in [0.1, 0.15) is 11.5 Å². The maximum Gasteiger partial charge on any atom is 0.387 e. The number of ether oxygens (including phenoxy) is 2. The summed E-state index contributed by atoms with van der Waals surface area (Å²) in [5, 5.41) is 10.1. The lowest BCUT2D eigenvalue weighted by Gasteiger charge is -2.10. The first-order chi connectivity index (χ1) is 13.7. The number of methoxy groups -OCH3 is 1. The minimum Gasteiger partial charge on any atom is -0.497 e. The third-order valence-corrected chi connectivity index (χ3v) is 4.79. The Morgan fingerprint density at radius 2 is 1.69 bits per heavy atom. The highest BCUT2D eigenvalue weighted by Crippen LogP contribution is 2.35. The molecular weight excluding hydrogens is 384 g/mol. The minimum absolute atomic E-state index is 0.0597. The molecule has 0 radical (unpaired) electrons. The van der Waals surface area contributed by atoms with Crippen LogP contribution in [-0.4, -0.2) is 35.3 Å². The van der Waals surface area contributed by atoms with Crippen LogP contribution in [0.15, 0.2) is 42.5 Å². The number of carbonyl (C=O) groups is 2. The van der Waals surface area contributed by atoms with Gasteiger partial charge < -0.3 is 14.6 Å². The number of aromatic nitrogens is 1. The van der Waals surface area contributed by atoms with Gasteiger partial charge in [-0.25, -0.2) is 0 Å². The fourth-order valence-electron chi connectivity index (χ4n) is 3.39. The molecule has 1 unspecified atom stereocenters. The topological polar surface area (TPSA) is 77.8 Å². The van der Waals surface area contributed by atoms with Gasteiger partial charge in [-0.3, -0.25) is 14.2 Å². The van der Waals surface area contributed by atoms with Gasteiger partial charge in [-0.2, -0.15) is 8.78 Å². The molecule has 1 aromatic heterocycles. The molecule has 0 aliphatic carbocycles. The van der Waals surface area contributed by atoms with Crippen molar-refractivity contribution in [1.29, 1.82) is 0 Å². The number of fused-ring (bicyclic) bond motifs is 1. The average Bonchev–Trinajstić information content (AvgIpc) is 2.97. The molecule has 0 amide bonds. The van der Waals surface area contributed by atoms with Gasteiger partial charge in [-0.05, 0) is 61.9 Å². The summed E-state index contributed by atoms with van der Waals surface area (Å²) in [7, 11) is 1.50. The van der Waals surface area contributed by atoms with E-state index in [4.69, 9.17) is 4.74 Å². The standard InChI is InChI=1S/C21H19F2NO5/c1-11(20(26)27)18-12(2)24(17-9-8-15(28-3)10-16(17)18)19(25)13-4-6-14(7-5-13)29-21(22)23/h4-11,21H,1-3H3,(H,26,27). The van der Waals surface area contributed by atoms with Crippen molar-refractivity contribution in [3.63, 3.8) is 0 Å². The molecule has 0 aliphatic heterocycles. The van der Waals surface area contributed by atoms with E-state index in [0.717, 1.165) is 0 Å². The molecule has 0 aliphatic rings. The Balaban J connectivity index is 2.14. The minimum atomic E-state index is -2.96. The lowest BCUT2D eigenvalue weighted by Crippen LogP contribution is -2.15. The first-order valence-electron chi connectivity index (χ1n) is 8.76. The number of halogens is 2. The predicted molar refractivity (Wildman–Crippen MR) is 102 cm³/mol. The van der Waals surface area contributed by atoms with Crippen molar-refractivity contribution in [2.24, 2.45) is 0 Å². The molecule has 0 fully saturated rings. The molecule has 1 heterocycles. The highest BCUT2D eigenvalue weighted by molar-refractivity contribution is 6.05. The Kier molecular flexibility index (Phi) is 5.54. The molecule has 29 heavy (non-hydrogen) atoms. The maximum absolute atomic E-state index is 13.2. The van der Waals surface area contributed by atoms with Crippen LogP contribution in [0.2, 0.25) is 0 Å². The molecule has 152 valence electrons. The fraction of sp³-hybridized carbons (Fsp3) is 0.238. The maximum atomic E-state index is 13.2. The highest BCUT2D eigenvalue weighted by atomic mass is 19.3. The summed E-state index contributed by atoms with van der Waals surface area (Å²) in [6, 6.07) is 10.4. The molecule has 3 aromatic rings. The summed E-state index contributed by atoms with van der Waals surface area (Å²) in [5.41, 5.74) is 1.78. The Bertz CT molecular complexity index is 1070. The second-order valence-corrected chi connectivity index (χ2v) is 6.49. The van der Waals surface area contributed by atoms with Gasteiger partial charge in [-0.15, -0.1) is 0 Å². The molecule has 3 rings (SSSR count). The number of alkyl halides is 2. The highest BCUT2D eigenvalue weighted by Gasteiger charge is 2.26. The van der Waals surface area contributed by atoms with Gasteiger partial charge >= 0.3 is 12.6 Å². The Hall–Kier alpha value is -3.42. The smallest absolute Gasteiger partial charge is 0.387 e. The summed E-state index contributed by atoms with van der Waals surface area (Å²) in [4.78, 5) is 24.8. The van der Waals surface area contributed by atoms with E-state index < -0.39 is 24.4 Å².